The smallest absolute Gasteiger partial charge is 0.214 e. The normalized spacial score (nSPS) is 14.1. The van der Waals surface area contributed by atoms with Crippen LogP contribution < -0.4 is 4.74 Å². The molecule has 144 valence electrons. The molecule has 3 aromatic heterocycles. The highest BCUT2D eigenvalue weighted by atomic mass is 19.2. The van der Waals surface area contributed by atoms with Gasteiger partial charge in [-0.2, -0.15) is 5.10 Å². The van der Waals surface area contributed by atoms with Crippen molar-refractivity contribution in [1.29, 1.82) is 0 Å². The molecule has 6 nitrogen and oxygen atoms in total. The molecule has 29 heavy (non-hydrogen) atoms. The quantitative estimate of drug-likeness (QED) is 0.575. The van der Waals surface area contributed by atoms with E-state index in [1.165, 1.54) is 23.8 Å². The second-order valence-corrected chi connectivity index (χ2v) is 6.53. The number of halogens is 2. The van der Waals surface area contributed by atoms with Crippen LogP contribution in [0.15, 0.2) is 54.8 Å². The number of nitrogens with zero attached hydrogens (tertiary/aromatic N) is 4. The fourth-order valence-corrected chi connectivity index (χ4v) is 3.43. The number of hydrogen-bond acceptors (Lipinski definition) is 5. The number of benzene rings is 1. The SMILES string of the molecule is COc1cc(C(O)c2c(C3=CC=C3)nc3cccnn23)c2ccc(F)c(F)c2n1. The Morgan fingerprint density at radius 1 is 1.17 bits per heavy atom. The largest absolute Gasteiger partial charge is 0.481 e. The van der Waals surface area contributed by atoms with Crippen molar-refractivity contribution in [3.05, 3.63) is 83.3 Å². The first-order valence-corrected chi connectivity index (χ1v) is 8.81. The van der Waals surface area contributed by atoms with E-state index in [0.29, 0.717) is 22.6 Å². The van der Waals surface area contributed by atoms with E-state index in [2.05, 4.69) is 15.1 Å². The van der Waals surface area contributed by atoms with Crippen molar-refractivity contribution < 1.29 is 18.6 Å². The van der Waals surface area contributed by atoms with E-state index < -0.39 is 17.7 Å². The first-order chi connectivity index (χ1) is 14.1. The molecule has 1 aliphatic carbocycles. The number of aliphatic hydroxyl groups excluding tert-OH is 1. The van der Waals surface area contributed by atoms with Gasteiger partial charge in [0.15, 0.2) is 17.3 Å². The van der Waals surface area contributed by atoms with Crippen LogP contribution in [0, 0.1) is 11.6 Å². The Balaban J connectivity index is 1.80. The molecule has 0 fully saturated rings. The molecule has 1 aromatic carbocycles. The first kappa shape index (κ1) is 17.4. The van der Waals surface area contributed by atoms with E-state index in [-0.39, 0.29) is 16.8 Å². The predicted octanol–water partition coefficient (Wildman–Crippen LogP) is 3.60. The van der Waals surface area contributed by atoms with Gasteiger partial charge >= 0.3 is 0 Å². The van der Waals surface area contributed by atoms with Gasteiger partial charge in [-0.25, -0.2) is 23.3 Å². The lowest BCUT2D eigenvalue weighted by Gasteiger charge is -2.17. The third-order valence-corrected chi connectivity index (χ3v) is 4.90. The number of methoxy groups -OCH3 is 1. The van der Waals surface area contributed by atoms with E-state index in [9.17, 15) is 13.9 Å². The Hall–Kier alpha value is -3.65. The number of aliphatic hydroxyl groups is 1. The standard InChI is InChI=1S/C21H14F2N4O2/c1-29-16-10-13(12-7-8-14(22)17(23)19(12)26-16)21(28)20-18(11-4-2-5-11)25-15-6-3-9-24-27(15)20/h2-10,21,28H,1H3. The number of pyridine rings is 1. The summed E-state index contributed by atoms with van der Waals surface area (Å²) < 4.78 is 34.9. The summed E-state index contributed by atoms with van der Waals surface area (Å²) in [5.41, 5.74) is 2.46. The van der Waals surface area contributed by atoms with E-state index in [4.69, 9.17) is 4.74 Å². The summed E-state index contributed by atoms with van der Waals surface area (Å²) in [6.07, 6.45) is 5.96. The van der Waals surface area contributed by atoms with Crippen LogP contribution in [0.3, 0.4) is 0 Å². The van der Waals surface area contributed by atoms with Gasteiger partial charge in [0.2, 0.25) is 5.88 Å². The molecule has 0 spiro atoms. The monoisotopic (exact) mass is 392 g/mol. The first-order valence-electron chi connectivity index (χ1n) is 8.81. The number of aromatic nitrogens is 4. The summed E-state index contributed by atoms with van der Waals surface area (Å²) in [7, 11) is 1.37. The molecule has 1 unspecified atom stereocenters. The third kappa shape index (κ3) is 2.60. The molecule has 1 atom stereocenters. The number of allylic oxidation sites excluding steroid dienone is 4. The Bertz CT molecular complexity index is 1340. The molecule has 1 aliphatic rings. The summed E-state index contributed by atoms with van der Waals surface area (Å²) in [5, 5.41) is 15.9. The van der Waals surface area contributed by atoms with Gasteiger partial charge in [0, 0.05) is 28.8 Å². The van der Waals surface area contributed by atoms with Gasteiger partial charge in [-0.1, -0.05) is 18.2 Å². The van der Waals surface area contributed by atoms with Gasteiger partial charge in [0.05, 0.1) is 12.8 Å². The van der Waals surface area contributed by atoms with E-state index in [1.807, 2.05) is 18.2 Å². The van der Waals surface area contributed by atoms with Crippen molar-refractivity contribution in [2.75, 3.05) is 7.11 Å². The fourth-order valence-electron chi connectivity index (χ4n) is 3.43. The molecule has 0 bridgehead atoms. The van der Waals surface area contributed by atoms with Gasteiger partial charge in [-0.3, -0.25) is 0 Å². The zero-order valence-electron chi connectivity index (χ0n) is 15.2. The molecule has 0 saturated carbocycles. The average Bonchev–Trinajstić information content (AvgIpc) is 3.07. The lowest BCUT2D eigenvalue weighted by molar-refractivity contribution is 0.213. The number of fused-ring (bicyclic) bond motifs is 2. The van der Waals surface area contributed by atoms with Crippen LogP contribution >= 0.6 is 0 Å². The Morgan fingerprint density at radius 3 is 2.72 bits per heavy atom. The molecule has 0 radical (unpaired) electrons. The maximum Gasteiger partial charge on any atom is 0.214 e. The number of imidazole rings is 1. The Kier molecular flexibility index (Phi) is 3.88. The molecule has 4 aromatic rings. The molecule has 0 amide bonds. The summed E-state index contributed by atoms with van der Waals surface area (Å²) in [6, 6.07) is 7.41. The van der Waals surface area contributed by atoms with Crippen LogP contribution in [0.25, 0.3) is 22.1 Å². The molecular weight excluding hydrogens is 378 g/mol. The predicted molar refractivity (Wildman–Crippen MR) is 102 cm³/mol. The maximum absolute atomic E-state index is 14.4. The third-order valence-electron chi connectivity index (χ3n) is 4.90. The van der Waals surface area contributed by atoms with Gasteiger partial charge in [0.25, 0.3) is 0 Å². The van der Waals surface area contributed by atoms with Crippen LogP contribution in [-0.4, -0.2) is 31.8 Å². The maximum atomic E-state index is 14.4. The number of ether oxygens (including phenoxy) is 1. The van der Waals surface area contributed by atoms with Crippen LogP contribution in [0.1, 0.15) is 23.1 Å². The molecule has 8 heteroatoms. The fraction of sp³-hybridized carbons (Fsp3) is 0.0952. The van der Waals surface area contributed by atoms with Gasteiger partial charge in [-0.05, 0) is 24.3 Å². The summed E-state index contributed by atoms with van der Waals surface area (Å²) in [6.45, 7) is 0. The Morgan fingerprint density at radius 2 is 2.00 bits per heavy atom. The van der Waals surface area contributed by atoms with E-state index in [1.54, 1.807) is 18.3 Å². The van der Waals surface area contributed by atoms with Crippen molar-refractivity contribution in [2.45, 2.75) is 6.10 Å². The van der Waals surface area contributed by atoms with Gasteiger partial charge in [0.1, 0.15) is 17.3 Å². The molecule has 0 aliphatic heterocycles. The molecule has 1 N–H and O–H groups in total. The van der Waals surface area contributed by atoms with Crippen LogP contribution in [0.2, 0.25) is 0 Å². The van der Waals surface area contributed by atoms with Gasteiger partial charge < -0.3 is 9.84 Å². The molecular formula is C21H14F2N4O2. The highest BCUT2D eigenvalue weighted by Crippen LogP contribution is 2.36. The Labute approximate surface area is 163 Å². The molecule has 3 heterocycles. The second kappa shape index (κ2) is 6.46. The lowest BCUT2D eigenvalue weighted by Crippen LogP contribution is -2.10. The summed E-state index contributed by atoms with van der Waals surface area (Å²) in [4.78, 5) is 8.59. The molecule has 5 rings (SSSR count). The van der Waals surface area contributed by atoms with E-state index >= 15 is 0 Å². The zero-order chi connectivity index (χ0) is 20.1. The minimum atomic E-state index is -1.24. The lowest BCUT2D eigenvalue weighted by atomic mass is 9.96. The van der Waals surface area contributed by atoms with Crippen molar-refractivity contribution in [1.82, 2.24) is 19.6 Å². The van der Waals surface area contributed by atoms with Crippen LogP contribution in [-0.2, 0) is 0 Å². The second-order valence-electron chi connectivity index (χ2n) is 6.53. The average molecular weight is 392 g/mol. The molecule has 0 saturated heterocycles. The highest BCUT2D eigenvalue weighted by Gasteiger charge is 2.27. The minimum Gasteiger partial charge on any atom is -0.481 e. The highest BCUT2D eigenvalue weighted by molar-refractivity contribution is 5.86. The summed E-state index contributed by atoms with van der Waals surface area (Å²) in [5.74, 6) is -2.07. The topological polar surface area (TPSA) is 72.5 Å². The zero-order valence-corrected chi connectivity index (χ0v) is 15.2. The van der Waals surface area contributed by atoms with Crippen LogP contribution in [0.4, 0.5) is 8.78 Å². The van der Waals surface area contributed by atoms with Crippen molar-refractivity contribution in [2.24, 2.45) is 0 Å². The van der Waals surface area contributed by atoms with Gasteiger partial charge in [-0.15, -0.1) is 0 Å². The number of rotatable bonds is 4. The van der Waals surface area contributed by atoms with Crippen LogP contribution in [0.5, 0.6) is 5.88 Å². The number of hydrogen-bond donors (Lipinski definition) is 1. The van der Waals surface area contributed by atoms with E-state index in [0.717, 1.165) is 11.6 Å². The van der Waals surface area contributed by atoms with Crippen molar-refractivity contribution in [3.63, 3.8) is 0 Å². The van der Waals surface area contributed by atoms with Crippen molar-refractivity contribution in [3.8, 4) is 5.88 Å². The summed E-state index contributed by atoms with van der Waals surface area (Å²) >= 11 is 0. The van der Waals surface area contributed by atoms with Crippen molar-refractivity contribution >= 4 is 22.1 Å². The minimum absolute atomic E-state index is 0.0575.